The molecule has 2 heterocycles. The lowest BCUT2D eigenvalue weighted by Crippen LogP contribution is -2.35. The van der Waals surface area contributed by atoms with Gasteiger partial charge in [-0.3, -0.25) is 10.1 Å². The topological polar surface area (TPSA) is 106 Å². The van der Waals surface area contributed by atoms with Crippen molar-refractivity contribution in [3.05, 3.63) is 40.4 Å². The van der Waals surface area contributed by atoms with Gasteiger partial charge in [-0.1, -0.05) is 17.8 Å². The van der Waals surface area contributed by atoms with Crippen LogP contribution in [0.5, 0.6) is 0 Å². The van der Waals surface area contributed by atoms with Gasteiger partial charge in [-0.2, -0.15) is 4.31 Å². The van der Waals surface area contributed by atoms with E-state index in [-0.39, 0.29) is 16.6 Å². The van der Waals surface area contributed by atoms with Gasteiger partial charge < -0.3 is 4.74 Å². The standard InChI is InChI=1S/C19H23N3O5S2/c1-3-27-18(24)16-13(2)20-19(28-16)21-17(23)14-7-9-15(10-8-14)29(25,26)22-11-5-4-6-12-22/h7-10H,3-6,11-12H2,1-2H3,(H,20,21,23). The fourth-order valence-electron chi connectivity index (χ4n) is 3.04. The van der Waals surface area contributed by atoms with Crippen LogP contribution in [0.1, 0.15) is 51.9 Å². The number of carbonyl (C=O) groups excluding carboxylic acids is 2. The molecule has 0 aliphatic carbocycles. The third-order valence-corrected chi connectivity index (χ3v) is 7.51. The summed E-state index contributed by atoms with van der Waals surface area (Å²) in [5, 5.41) is 2.92. The van der Waals surface area contributed by atoms with Crippen molar-refractivity contribution >= 4 is 38.4 Å². The SMILES string of the molecule is CCOC(=O)c1sc(NC(=O)c2ccc(S(=O)(=O)N3CCCCC3)cc2)nc1C. The first-order valence-corrected chi connectivity index (χ1v) is 11.6. The van der Waals surface area contributed by atoms with Crippen LogP contribution in [0.4, 0.5) is 5.13 Å². The molecule has 0 bridgehead atoms. The third-order valence-electron chi connectivity index (χ3n) is 4.55. The number of aryl methyl sites for hydroxylation is 1. The fraction of sp³-hybridized carbons (Fsp3) is 0.421. The number of rotatable bonds is 6. The van der Waals surface area contributed by atoms with Gasteiger partial charge in [0.25, 0.3) is 5.91 Å². The molecule has 156 valence electrons. The predicted octanol–water partition coefficient (Wildman–Crippen LogP) is 3.06. The Bertz CT molecular complexity index is 993. The molecule has 1 saturated heterocycles. The lowest BCUT2D eigenvalue weighted by molar-refractivity contribution is 0.0531. The molecule has 1 aromatic heterocycles. The Morgan fingerprint density at radius 2 is 1.83 bits per heavy atom. The Kier molecular flexibility index (Phi) is 6.66. The molecule has 0 atom stereocenters. The van der Waals surface area contributed by atoms with Crippen LogP contribution in [0.2, 0.25) is 0 Å². The second-order valence-electron chi connectivity index (χ2n) is 6.60. The maximum absolute atomic E-state index is 12.7. The molecular formula is C19H23N3O5S2. The van der Waals surface area contributed by atoms with Crippen LogP contribution in [0.25, 0.3) is 0 Å². The molecule has 0 unspecified atom stereocenters. The minimum atomic E-state index is -3.54. The normalized spacial score (nSPS) is 15.1. The second kappa shape index (κ2) is 9.02. The minimum absolute atomic E-state index is 0.172. The zero-order valence-corrected chi connectivity index (χ0v) is 17.9. The van der Waals surface area contributed by atoms with E-state index in [1.54, 1.807) is 13.8 Å². The van der Waals surface area contributed by atoms with Gasteiger partial charge in [-0.15, -0.1) is 0 Å². The number of ether oxygens (including phenoxy) is 1. The highest BCUT2D eigenvalue weighted by atomic mass is 32.2. The van der Waals surface area contributed by atoms with E-state index < -0.39 is 21.9 Å². The van der Waals surface area contributed by atoms with Gasteiger partial charge >= 0.3 is 5.97 Å². The Morgan fingerprint density at radius 1 is 1.17 bits per heavy atom. The Hall–Kier alpha value is -2.30. The molecule has 1 N–H and O–H groups in total. The molecule has 0 saturated carbocycles. The third kappa shape index (κ3) is 4.82. The van der Waals surface area contributed by atoms with E-state index in [4.69, 9.17) is 4.74 Å². The number of carbonyl (C=O) groups is 2. The number of amides is 1. The smallest absolute Gasteiger partial charge is 0.350 e. The average molecular weight is 438 g/mol. The van der Waals surface area contributed by atoms with Gasteiger partial charge in [0.2, 0.25) is 10.0 Å². The van der Waals surface area contributed by atoms with Crippen molar-refractivity contribution < 1.29 is 22.7 Å². The predicted molar refractivity (Wildman–Crippen MR) is 110 cm³/mol. The molecule has 3 rings (SSSR count). The van der Waals surface area contributed by atoms with Crippen LogP contribution in [-0.2, 0) is 14.8 Å². The lowest BCUT2D eigenvalue weighted by atomic mass is 10.2. The summed E-state index contributed by atoms with van der Waals surface area (Å²) in [4.78, 5) is 29.0. The molecule has 1 amide bonds. The van der Waals surface area contributed by atoms with Gasteiger partial charge in [-0.25, -0.2) is 18.2 Å². The van der Waals surface area contributed by atoms with Crippen LogP contribution in [0.3, 0.4) is 0 Å². The van der Waals surface area contributed by atoms with Gasteiger partial charge in [-0.05, 0) is 51.0 Å². The van der Waals surface area contributed by atoms with E-state index in [2.05, 4.69) is 10.3 Å². The van der Waals surface area contributed by atoms with Gasteiger partial charge in [0, 0.05) is 18.7 Å². The molecule has 29 heavy (non-hydrogen) atoms. The summed E-state index contributed by atoms with van der Waals surface area (Å²) in [6.45, 7) is 4.68. The number of hydrogen-bond acceptors (Lipinski definition) is 7. The summed E-state index contributed by atoms with van der Waals surface area (Å²) in [5.74, 6) is -0.911. The molecule has 0 radical (unpaired) electrons. The van der Waals surface area contributed by atoms with Gasteiger partial charge in [0.05, 0.1) is 17.2 Å². The highest BCUT2D eigenvalue weighted by Crippen LogP contribution is 2.25. The van der Waals surface area contributed by atoms with Crippen molar-refractivity contribution in [3.8, 4) is 0 Å². The molecule has 0 spiro atoms. The van der Waals surface area contributed by atoms with Gasteiger partial charge in [0.1, 0.15) is 4.88 Å². The van der Waals surface area contributed by atoms with Crippen molar-refractivity contribution in [2.24, 2.45) is 0 Å². The number of esters is 1. The first-order chi connectivity index (χ1) is 13.8. The molecule has 1 aliphatic heterocycles. The first kappa shape index (κ1) is 21.4. The number of piperidine rings is 1. The summed E-state index contributed by atoms with van der Waals surface area (Å²) in [6, 6.07) is 5.82. The van der Waals surface area contributed by atoms with Crippen LogP contribution in [0.15, 0.2) is 29.2 Å². The van der Waals surface area contributed by atoms with Crippen molar-refractivity contribution in [1.82, 2.24) is 9.29 Å². The number of anilines is 1. The number of thiazole rings is 1. The van der Waals surface area contributed by atoms with Crippen LogP contribution in [0, 0.1) is 6.92 Å². The molecule has 8 nitrogen and oxygen atoms in total. The fourth-order valence-corrected chi connectivity index (χ4v) is 5.41. The number of aromatic nitrogens is 1. The number of sulfonamides is 1. The number of hydrogen-bond donors (Lipinski definition) is 1. The second-order valence-corrected chi connectivity index (χ2v) is 9.53. The molecule has 10 heteroatoms. The molecule has 1 fully saturated rings. The highest BCUT2D eigenvalue weighted by molar-refractivity contribution is 7.89. The Labute approximate surface area is 173 Å². The quantitative estimate of drug-likeness (QED) is 0.696. The molecule has 1 aliphatic rings. The van der Waals surface area contributed by atoms with E-state index in [1.165, 1.54) is 28.6 Å². The van der Waals surface area contributed by atoms with E-state index in [1.807, 2.05) is 0 Å². The summed E-state index contributed by atoms with van der Waals surface area (Å²) in [7, 11) is -3.54. The highest BCUT2D eigenvalue weighted by Gasteiger charge is 2.26. The molecular weight excluding hydrogens is 414 g/mol. The summed E-state index contributed by atoms with van der Waals surface area (Å²) in [6.07, 6.45) is 2.76. The van der Waals surface area contributed by atoms with Crippen molar-refractivity contribution in [2.45, 2.75) is 38.0 Å². The maximum atomic E-state index is 12.7. The van der Waals surface area contributed by atoms with E-state index in [0.29, 0.717) is 29.2 Å². The number of nitrogens with zero attached hydrogens (tertiary/aromatic N) is 2. The Morgan fingerprint density at radius 3 is 2.45 bits per heavy atom. The number of nitrogens with one attached hydrogen (secondary N) is 1. The first-order valence-electron chi connectivity index (χ1n) is 9.39. The zero-order chi connectivity index (χ0) is 21.0. The van der Waals surface area contributed by atoms with E-state index >= 15 is 0 Å². The Balaban J connectivity index is 1.71. The minimum Gasteiger partial charge on any atom is -0.462 e. The van der Waals surface area contributed by atoms with Crippen molar-refractivity contribution in [3.63, 3.8) is 0 Å². The summed E-state index contributed by atoms with van der Waals surface area (Å²) in [5.41, 5.74) is 0.778. The monoisotopic (exact) mass is 437 g/mol. The number of benzene rings is 1. The van der Waals surface area contributed by atoms with E-state index in [0.717, 1.165) is 30.6 Å². The van der Waals surface area contributed by atoms with Crippen LogP contribution < -0.4 is 5.32 Å². The zero-order valence-electron chi connectivity index (χ0n) is 16.3. The van der Waals surface area contributed by atoms with Crippen LogP contribution >= 0.6 is 11.3 Å². The largest absolute Gasteiger partial charge is 0.462 e. The molecule has 1 aromatic carbocycles. The van der Waals surface area contributed by atoms with Gasteiger partial charge in [0.15, 0.2) is 5.13 Å². The van der Waals surface area contributed by atoms with Crippen molar-refractivity contribution in [2.75, 3.05) is 25.0 Å². The van der Waals surface area contributed by atoms with Crippen LogP contribution in [-0.4, -0.2) is 49.3 Å². The summed E-state index contributed by atoms with van der Waals surface area (Å²) < 4.78 is 31.8. The van der Waals surface area contributed by atoms with E-state index in [9.17, 15) is 18.0 Å². The van der Waals surface area contributed by atoms with Crippen molar-refractivity contribution in [1.29, 1.82) is 0 Å². The molecule has 2 aromatic rings. The summed E-state index contributed by atoms with van der Waals surface area (Å²) >= 11 is 1.04. The maximum Gasteiger partial charge on any atom is 0.350 e. The average Bonchev–Trinajstić information content (AvgIpc) is 3.09. The lowest BCUT2D eigenvalue weighted by Gasteiger charge is -2.25.